The summed E-state index contributed by atoms with van der Waals surface area (Å²) in [4.78, 5) is 36.5. The van der Waals surface area contributed by atoms with Gasteiger partial charge in [0, 0.05) is 25.2 Å². The summed E-state index contributed by atoms with van der Waals surface area (Å²) in [5, 5.41) is 5.16. The molecule has 28 heavy (non-hydrogen) atoms. The third-order valence-corrected chi connectivity index (χ3v) is 4.19. The Morgan fingerprint density at radius 1 is 1.21 bits per heavy atom. The number of halogens is 3. The van der Waals surface area contributed by atoms with E-state index in [0.717, 1.165) is 12.1 Å². The van der Waals surface area contributed by atoms with Crippen LogP contribution in [-0.2, 0) is 30.0 Å². The molecule has 1 atom stereocenters. The van der Waals surface area contributed by atoms with Crippen molar-refractivity contribution in [3.8, 4) is 0 Å². The molecule has 0 radical (unpaired) electrons. The lowest BCUT2D eigenvalue weighted by Crippen LogP contribution is -2.43. The topological polar surface area (TPSA) is 93.7 Å². The molecule has 0 aromatic heterocycles. The summed E-state index contributed by atoms with van der Waals surface area (Å²) in [6, 6.07) is 3.41. The van der Waals surface area contributed by atoms with Gasteiger partial charge in [-0.3, -0.25) is 4.79 Å². The van der Waals surface area contributed by atoms with Gasteiger partial charge in [0.05, 0.1) is 5.56 Å². The molecular formula is C18H17F3N2O5. The van der Waals surface area contributed by atoms with Crippen LogP contribution in [0.2, 0.25) is 0 Å². The van der Waals surface area contributed by atoms with Gasteiger partial charge in [0.25, 0.3) is 5.79 Å². The molecule has 0 aliphatic carbocycles. The van der Waals surface area contributed by atoms with Gasteiger partial charge in [-0.15, -0.1) is 0 Å². The highest BCUT2D eigenvalue weighted by molar-refractivity contribution is 6.16. The zero-order valence-electron chi connectivity index (χ0n) is 15.0. The molecule has 1 aromatic rings. The predicted molar refractivity (Wildman–Crippen MR) is 89.5 cm³/mol. The van der Waals surface area contributed by atoms with Gasteiger partial charge in [-0.25, -0.2) is 9.59 Å². The highest BCUT2D eigenvalue weighted by Gasteiger charge is 2.42. The molecule has 2 saturated heterocycles. The van der Waals surface area contributed by atoms with E-state index in [1.165, 1.54) is 26.0 Å². The highest BCUT2D eigenvalue weighted by atomic mass is 19.4. The maximum absolute atomic E-state index is 12.8. The van der Waals surface area contributed by atoms with E-state index < -0.39 is 41.4 Å². The second-order valence-electron chi connectivity index (χ2n) is 6.84. The first-order valence-electron chi connectivity index (χ1n) is 8.41. The van der Waals surface area contributed by atoms with E-state index >= 15 is 0 Å². The van der Waals surface area contributed by atoms with Crippen molar-refractivity contribution in [1.82, 2.24) is 5.32 Å². The van der Waals surface area contributed by atoms with Crippen LogP contribution < -0.4 is 10.6 Å². The van der Waals surface area contributed by atoms with Gasteiger partial charge in [-0.1, -0.05) is 6.07 Å². The number of alkyl halides is 3. The van der Waals surface area contributed by atoms with Crippen LogP contribution >= 0.6 is 0 Å². The summed E-state index contributed by atoms with van der Waals surface area (Å²) in [6.45, 7) is 2.83. The van der Waals surface area contributed by atoms with Gasteiger partial charge in [0.1, 0.15) is 6.04 Å². The standard InChI is InChI=1S/C18H17F3N2O5/c1-17(2)27-15(25)13(16(26)28-17)11-6-7-12(23-11)14(24)22-10-5-3-4-9(8-10)18(19,20)21/h3-5,8,12,23H,6-7H2,1-2H3,(H,22,24). The number of carbonyl (C=O) groups is 3. The second kappa shape index (κ2) is 6.84. The number of esters is 2. The maximum atomic E-state index is 12.8. The molecule has 2 N–H and O–H groups in total. The Hall–Kier alpha value is -3.04. The summed E-state index contributed by atoms with van der Waals surface area (Å²) in [5.41, 5.74) is -1.01. The number of benzene rings is 1. The van der Waals surface area contributed by atoms with E-state index in [-0.39, 0.29) is 29.8 Å². The molecule has 2 aliphatic rings. The van der Waals surface area contributed by atoms with Crippen LogP contribution in [0.15, 0.2) is 35.5 Å². The third-order valence-electron chi connectivity index (χ3n) is 4.19. The van der Waals surface area contributed by atoms with Gasteiger partial charge >= 0.3 is 18.1 Å². The Labute approximate surface area is 157 Å². The molecule has 1 amide bonds. The van der Waals surface area contributed by atoms with Crippen LogP contribution in [0, 0.1) is 0 Å². The van der Waals surface area contributed by atoms with Crippen molar-refractivity contribution >= 4 is 23.5 Å². The molecule has 1 unspecified atom stereocenters. The van der Waals surface area contributed by atoms with Crippen LogP contribution in [0.4, 0.5) is 18.9 Å². The highest BCUT2D eigenvalue weighted by Crippen LogP contribution is 2.31. The van der Waals surface area contributed by atoms with E-state index in [2.05, 4.69) is 10.6 Å². The number of cyclic esters (lactones) is 2. The number of allylic oxidation sites excluding steroid dienone is 1. The fourth-order valence-corrected chi connectivity index (χ4v) is 2.94. The molecule has 2 fully saturated rings. The van der Waals surface area contributed by atoms with E-state index in [1.54, 1.807) is 0 Å². The molecule has 2 heterocycles. The van der Waals surface area contributed by atoms with Crippen molar-refractivity contribution in [2.75, 3.05) is 5.32 Å². The van der Waals surface area contributed by atoms with Crippen molar-refractivity contribution in [2.45, 2.75) is 44.7 Å². The molecule has 0 saturated carbocycles. The molecule has 0 bridgehead atoms. The number of hydrogen-bond acceptors (Lipinski definition) is 6. The summed E-state index contributed by atoms with van der Waals surface area (Å²) in [6.07, 6.45) is -4.08. The van der Waals surface area contributed by atoms with Crippen LogP contribution in [-0.4, -0.2) is 29.7 Å². The van der Waals surface area contributed by atoms with Gasteiger partial charge in [-0.2, -0.15) is 13.2 Å². The third kappa shape index (κ3) is 4.10. The molecule has 1 aromatic carbocycles. The largest absolute Gasteiger partial charge is 0.419 e. The maximum Gasteiger partial charge on any atom is 0.416 e. The van der Waals surface area contributed by atoms with E-state index in [0.29, 0.717) is 0 Å². The molecule has 3 rings (SSSR count). The van der Waals surface area contributed by atoms with Crippen LogP contribution in [0.5, 0.6) is 0 Å². The van der Waals surface area contributed by atoms with Crippen molar-refractivity contribution in [3.63, 3.8) is 0 Å². The first-order chi connectivity index (χ1) is 13.0. The van der Waals surface area contributed by atoms with E-state index in [1.807, 2.05) is 0 Å². The Morgan fingerprint density at radius 3 is 2.46 bits per heavy atom. The fourth-order valence-electron chi connectivity index (χ4n) is 2.94. The number of nitrogens with one attached hydrogen (secondary N) is 2. The molecular weight excluding hydrogens is 381 g/mol. The first kappa shape index (κ1) is 19.7. The lowest BCUT2D eigenvalue weighted by atomic mass is 10.1. The zero-order valence-corrected chi connectivity index (χ0v) is 15.0. The van der Waals surface area contributed by atoms with Crippen LogP contribution in [0.1, 0.15) is 32.3 Å². The number of carbonyl (C=O) groups excluding carboxylic acids is 3. The quantitative estimate of drug-likeness (QED) is 0.452. The lowest BCUT2D eigenvalue weighted by molar-refractivity contribution is -0.222. The summed E-state index contributed by atoms with van der Waals surface area (Å²) >= 11 is 0. The van der Waals surface area contributed by atoms with Crippen LogP contribution in [0.3, 0.4) is 0 Å². The zero-order chi connectivity index (χ0) is 20.7. The molecule has 150 valence electrons. The number of rotatable bonds is 2. The number of ether oxygens (including phenoxy) is 2. The number of hydrogen-bond donors (Lipinski definition) is 2. The van der Waals surface area contributed by atoms with Gasteiger partial charge < -0.3 is 20.1 Å². The Balaban J connectivity index is 1.71. The minimum Gasteiger partial charge on any atom is -0.419 e. The molecule has 10 heteroatoms. The Kier molecular flexibility index (Phi) is 4.82. The smallest absolute Gasteiger partial charge is 0.416 e. The molecule has 2 aliphatic heterocycles. The normalized spacial score (nSPS) is 21.7. The number of amides is 1. The average molecular weight is 398 g/mol. The van der Waals surface area contributed by atoms with Gasteiger partial charge in [-0.05, 0) is 31.0 Å². The Morgan fingerprint density at radius 2 is 1.86 bits per heavy atom. The SMILES string of the molecule is CC1(C)OC(=O)C(=C2CCC(C(=O)Nc3cccc(C(F)(F)F)c3)N2)C(=O)O1. The van der Waals surface area contributed by atoms with Crippen molar-refractivity contribution < 1.29 is 37.0 Å². The van der Waals surface area contributed by atoms with Gasteiger partial charge in [0.15, 0.2) is 5.57 Å². The summed E-state index contributed by atoms with van der Waals surface area (Å²) < 4.78 is 48.4. The van der Waals surface area contributed by atoms with Gasteiger partial charge in [0.2, 0.25) is 5.91 Å². The van der Waals surface area contributed by atoms with Crippen molar-refractivity contribution in [1.29, 1.82) is 0 Å². The summed E-state index contributed by atoms with van der Waals surface area (Å²) in [5.74, 6) is -3.69. The minimum atomic E-state index is -4.53. The number of anilines is 1. The molecule has 0 spiro atoms. The average Bonchev–Trinajstić information content (AvgIpc) is 3.02. The Bertz CT molecular complexity index is 854. The van der Waals surface area contributed by atoms with Crippen molar-refractivity contribution in [2.24, 2.45) is 0 Å². The van der Waals surface area contributed by atoms with E-state index in [9.17, 15) is 27.6 Å². The van der Waals surface area contributed by atoms with Crippen molar-refractivity contribution in [3.05, 3.63) is 41.1 Å². The summed E-state index contributed by atoms with van der Waals surface area (Å²) in [7, 11) is 0. The first-order valence-corrected chi connectivity index (χ1v) is 8.41. The molecule has 7 nitrogen and oxygen atoms in total. The van der Waals surface area contributed by atoms with Crippen LogP contribution in [0.25, 0.3) is 0 Å². The monoisotopic (exact) mass is 398 g/mol. The lowest BCUT2D eigenvalue weighted by Gasteiger charge is -2.30. The van der Waals surface area contributed by atoms with E-state index in [4.69, 9.17) is 9.47 Å². The minimum absolute atomic E-state index is 0.0130. The predicted octanol–water partition coefficient (Wildman–Crippen LogP) is 2.49. The fraction of sp³-hybridized carbons (Fsp3) is 0.389. The second-order valence-corrected chi connectivity index (χ2v) is 6.84.